The van der Waals surface area contributed by atoms with Crippen LogP contribution in [0.1, 0.15) is 69.8 Å². The molecule has 8 heterocycles. The first kappa shape index (κ1) is 83.9. The standard InChI is InChI=1S/C46H46N7O10P.C39H42N7O8P/c1-32-26-51(44(55)50-42(32)52-31-48-30-49-52)43-40-41(63-64(4)60-25-11-24-47)45(61-43,28-53(62-40)39(54)27-58-38-14-9-6-10-15-38)29-59-46(33-12-7-5-8-13-33,34-16-20-36(56-2)21-17-34)35-18-22-37(57-3)23-19-35;1-27-22-45(37(47)43-35(27)46-26-41-25-42-46)36-33-34(54-55(5)51-21-9-20-40)38(52-36,23-44(2)53-33)24-50-39(28-10-7-6-8-11-28,29-12-16-31(48-3)17-13-29)30-14-18-32(49-4)19-15-30/h5-10,12-23,26,30-31,40-41,43H,11,25,27-29H2,1-4H3;6-8,10-19,22,25-26,33-34,36H,9,21,23-24H2,1-5H3/t40-,41?,43+,45+,64?;33-,34?,36+,38+,55?/m00/s1. The second-order valence-electron chi connectivity index (χ2n) is 28.2. The van der Waals surface area contributed by atoms with E-state index in [1.54, 1.807) is 90.8 Å². The number of rotatable bonds is 33. The number of benzene rings is 7. The molecule has 34 heteroatoms. The number of nitrogens with zero attached hydrogens (tertiary/aromatic N) is 14. The van der Waals surface area contributed by atoms with Gasteiger partial charge in [-0.2, -0.15) is 35.8 Å². The first-order valence-electron chi connectivity index (χ1n) is 37.9. The molecule has 1 amide bonds. The molecule has 15 rings (SSSR count). The van der Waals surface area contributed by atoms with Crippen molar-refractivity contribution >= 4 is 22.7 Å². The minimum Gasteiger partial charge on any atom is -0.497 e. The lowest BCUT2D eigenvalue weighted by Gasteiger charge is -2.45. The Hall–Kier alpha value is -11.6. The van der Waals surface area contributed by atoms with Crippen LogP contribution in [0.25, 0.3) is 11.6 Å². The maximum Gasteiger partial charge on any atom is 0.351 e. The molecular weight excluding hydrogens is 1570 g/mol. The third-order valence-electron chi connectivity index (χ3n) is 20.7. The van der Waals surface area contributed by atoms with Gasteiger partial charge in [-0.15, -0.1) is 0 Å². The van der Waals surface area contributed by atoms with E-state index in [4.69, 9.17) is 75.7 Å². The van der Waals surface area contributed by atoms with Crippen LogP contribution in [-0.4, -0.2) is 195 Å². The van der Waals surface area contributed by atoms with Crippen molar-refractivity contribution < 1.29 is 75.2 Å². The van der Waals surface area contributed by atoms with Crippen molar-refractivity contribution in [3.05, 3.63) is 291 Å². The molecule has 0 N–H and O–H groups in total. The Bertz CT molecular complexity index is 5320. The van der Waals surface area contributed by atoms with Gasteiger partial charge in [-0.05, 0) is 108 Å². The Morgan fingerprint density at radius 2 is 0.882 bits per heavy atom. The molecule has 4 aliphatic rings. The average molecular weight is 1660 g/mol. The van der Waals surface area contributed by atoms with Crippen molar-refractivity contribution in [2.45, 2.75) is 86.0 Å². The van der Waals surface area contributed by atoms with Gasteiger partial charge < -0.3 is 60.7 Å². The number of nitriles is 2. The van der Waals surface area contributed by atoms with Gasteiger partial charge in [0.25, 0.3) is 5.91 Å². The number of fused-ring (bicyclic) bond motifs is 4. The van der Waals surface area contributed by atoms with E-state index in [1.165, 1.54) is 48.9 Å². The normalized spacial score (nSPS) is 20.6. The summed E-state index contributed by atoms with van der Waals surface area (Å²) in [7, 11) is 5.05. The van der Waals surface area contributed by atoms with Gasteiger partial charge in [0.2, 0.25) is 0 Å². The van der Waals surface area contributed by atoms with Crippen molar-refractivity contribution in [1.82, 2.24) is 58.8 Å². The maximum absolute atomic E-state index is 14.2. The fraction of sp³-hybridized carbons (Fsp3) is 0.329. The molecule has 32 nitrogen and oxygen atoms in total. The first-order valence-corrected chi connectivity index (χ1v) is 41.2. The third-order valence-corrected chi connectivity index (χ3v) is 22.8. The lowest BCUT2D eigenvalue weighted by Crippen LogP contribution is -2.63. The largest absolute Gasteiger partial charge is 0.497 e. The molecule has 4 saturated heterocycles. The maximum atomic E-state index is 14.2. The summed E-state index contributed by atoms with van der Waals surface area (Å²) in [6, 6.07) is 63.5. The van der Waals surface area contributed by atoms with E-state index in [2.05, 4.69) is 42.3 Å². The predicted octanol–water partition coefficient (Wildman–Crippen LogP) is 10.8. The van der Waals surface area contributed by atoms with Crippen LogP contribution in [0.2, 0.25) is 0 Å². The summed E-state index contributed by atoms with van der Waals surface area (Å²) in [5.41, 5.74) is -0.493. The zero-order valence-electron chi connectivity index (χ0n) is 66.7. The zero-order chi connectivity index (χ0) is 83.3. The minimum absolute atomic E-state index is 0.0229. The summed E-state index contributed by atoms with van der Waals surface area (Å²) in [4.78, 5) is 71.9. The molecule has 4 aromatic heterocycles. The van der Waals surface area contributed by atoms with Gasteiger partial charge >= 0.3 is 11.4 Å². The number of hydrogen-bond donors (Lipinski definition) is 0. The van der Waals surface area contributed by atoms with Gasteiger partial charge in [0.15, 0.2) is 59.7 Å². The first-order chi connectivity index (χ1) is 57.9. The smallest absolute Gasteiger partial charge is 0.351 e. The van der Waals surface area contributed by atoms with Crippen molar-refractivity contribution in [3.8, 4) is 52.5 Å². The molecule has 4 aliphatic heterocycles. The second kappa shape index (κ2) is 37.6. The van der Waals surface area contributed by atoms with Crippen LogP contribution in [0, 0.1) is 36.5 Å². The Labute approximate surface area is 688 Å². The number of carbonyl (C=O) groups excluding carboxylic acids is 1. The Kier molecular flexibility index (Phi) is 26.5. The molecule has 0 radical (unpaired) electrons. The predicted molar refractivity (Wildman–Crippen MR) is 432 cm³/mol. The highest BCUT2D eigenvalue weighted by molar-refractivity contribution is 7.46. The van der Waals surface area contributed by atoms with Crippen LogP contribution in [-0.2, 0) is 62.7 Å². The lowest BCUT2D eigenvalue weighted by atomic mass is 9.79. The molecule has 0 aliphatic carbocycles. The van der Waals surface area contributed by atoms with E-state index in [1.807, 2.05) is 177 Å². The van der Waals surface area contributed by atoms with E-state index in [0.29, 0.717) is 45.7 Å². The molecule has 7 aromatic carbocycles. The van der Waals surface area contributed by atoms with E-state index < -0.39 is 93.3 Å². The summed E-state index contributed by atoms with van der Waals surface area (Å²) < 4.78 is 88.1. The van der Waals surface area contributed by atoms with Gasteiger partial charge in [-0.25, -0.2) is 34.0 Å². The highest BCUT2D eigenvalue weighted by Crippen LogP contribution is 2.55. The molecule has 119 heavy (non-hydrogen) atoms. The second-order valence-corrected chi connectivity index (χ2v) is 30.9. The molecule has 11 aromatic rings. The summed E-state index contributed by atoms with van der Waals surface area (Å²) in [5, 5.41) is 29.6. The Morgan fingerprint density at radius 3 is 1.25 bits per heavy atom. The van der Waals surface area contributed by atoms with Crippen LogP contribution >= 0.6 is 16.8 Å². The number of para-hydroxylation sites is 1. The van der Waals surface area contributed by atoms with Crippen LogP contribution < -0.4 is 35.1 Å². The number of carbonyl (C=O) groups is 1. The highest BCUT2D eigenvalue weighted by atomic mass is 31.2. The Balaban J connectivity index is 0.000000197. The number of aromatic nitrogens is 10. The van der Waals surface area contributed by atoms with Crippen LogP contribution in [0.3, 0.4) is 0 Å². The molecule has 616 valence electrons. The fourth-order valence-corrected chi connectivity index (χ4v) is 17.2. The van der Waals surface area contributed by atoms with Crippen molar-refractivity contribution in [2.24, 2.45) is 0 Å². The van der Waals surface area contributed by atoms with E-state index >= 15 is 0 Å². The number of ether oxygens (including phenoxy) is 9. The quantitative estimate of drug-likeness (QED) is 0.0209. The van der Waals surface area contributed by atoms with Gasteiger partial charge in [0.1, 0.15) is 88.7 Å². The number of aryl methyl sites for hydroxylation is 2. The topological polar surface area (TPSA) is 341 Å². The number of amides is 1. The number of hydroxylamine groups is 4. The van der Waals surface area contributed by atoms with Crippen molar-refractivity contribution in [2.75, 3.05) is 94.9 Å². The minimum atomic E-state index is -1.68. The molecule has 10 atom stereocenters. The SMILES string of the molecule is COc1ccc(C(OC[C@]23CN(C(=O)COc4ccccc4)O[C@@H](C2OP(C)OCCC#N)[C@H](n2cc(C)c(-n4cncn4)nc2=O)O3)(c2ccccc2)c2ccc(OC)cc2)cc1.COc1ccc(C(OC[C@]23CN(C)O[C@@H](C2OP(C)OCCC#N)[C@H](n2cc(C)c(-n4cncn4)nc2=O)O3)(c2ccccc2)c2ccc(OC)cc2)cc1. The van der Waals surface area contributed by atoms with Gasteiger partial charge in [-0.1, -0.05) is 127 Å². The molecular formula is C85H88N14O18P2. The molecule has 4 unspecified atom stereocenters. The van der Waals surface area contributed by atoms with E-state index in [-0.39, 0.29) is 64.8 Å². The van der Waals surface area contributed by atoms with Crippen LogP contribution in [0.5, 0.6) is 28.7 Å². The molecule has 0 spiro atoms. The molecule has 0 saturated carbocycles. The van der Waals surface area contributed by atoms with Crippen LogP contribution in [0.15, 0.2) is 235 Å². The lowest BCUT2D eigenvalue weighted by molar-refractivity contribution is -0.260. The zero-order valence-corrected chi connectivity index (χ0v) is 68.5. The summed E-state index contributed by atoms with van der Waals surface area (Å²) in [6.45, 7) is 6.85. The number of hydrogen-bond acceptors (Lipinski definition) is 27. The summed E-state index contributed by atoms with van der Waals surface area (Å²) >= 11 is 0. The molecule has 4 bridgehead atoms. The van der Waals surface area contributed by atoms with Crippen molar-refractivity contribution in [1.29, 1.82) is 10.5 Å². The highest BCUT2D eigenvalue weighted by Gasteiger charge is 2.66. The van der Waals surface area contributed by atoms with Crippen LogP contribution in [0.4, 0.5) is 0 Å². The van der Waals surface area contributed by atoms with Gasteiger partial charge in [-0.3, -0.25) is 23.6 Å². The van der Waals surface area contributed by atoms with Crippen molar-refractivity contribution in [3.63, 3.8) is 0 Å². The number of methoxy groups -OCH3 is 4. The van der Waals surface area contributed by atoms with Gasteiger partial charge in [0, 0.05) is 43.9 Å². The summed E-state index contributed by atoms with van der Waals surface area (Å²) in [5.74, 6) is 3.26. The Morgan fingerprint density at radius 1 is 0.513 bits per heavy atom. The number of likely N-dealkylation sites (N-methyl/N-ethyl adjacent to an activating group) is 1. The molecule has 4 fully saturated rings. The third kappa shape index (κ3) is 17.8. The van der Waals surface area contributed by atoms with E-state index in [9.17, 15) is 19.6 Å². The van der Waals surface area contributed by atoms with E-state index in [0.717, 1.165) is 33.4 Å². The fourth-order valence-electron chi connectivity index (χ4n) is 15.1. The van der Waals surface area contributed by atoms with Gasteiger partial charge in [0.05, 0.1) is 92.9 Å². The summed E-state index contributed by atoms with van der Waals surface area (Å²) in [6.07, 6.45) is 3.31. The average Bonchev–Trinajstić information content (AvgIpc) is 1.61. The monoisotopic (exact) mass is 1650 g/mol.